The van der Waals surface area contributed by atoms with Gasteiger partial charge < -0.3 is 14.6 Å². The van der Waals surface area contributed by atoms with Gasteiger partial charge in [-0.05, 0) is 36.6 Å². The highest BCUT2D eigenvalue weighted by atomic mass is 19.1. The van der Waals surface area contributed by atoms with Gasteiger partial charge in [0.15, 0.2) is 0 Å². The first kappa shape index (κ1) is 19.7. The van der Waals surface area contributed by atoms with Crippen LogP contribution in [-0.2, 0) is 13.0 Å². The quantitative estimate of drug-likeness (QED) is 0.666. The first-order chi connectivity index (χ1) is 14.1. The fourth-order valence-corrected chi connectivity index (χ4v) is 4.01. The van der Waals surface area contributed by atoms with Crippen LogP contribution in [-0.4, -0.2) is 51.1 Å². The molecule has 3 aromatic rings. The lowest BCUT2D eigenvalue weighted by Gasteiger charge is -2.45. The van der Waals surface area contributed by atoms with E-state index in [9.17, 15) is 14.6 Å². The molecule has 4 rings (SSSR count). The Balaban J connectivity index is 1.48. The molecule has 6 nitrogen and oxygen atoms in total. The summed E-state index contributed by atoms with van der Waals surface area (Å²) in [6.45, 7) is 1.47. The van der Waals surface area contributed by atoms with Crippen molar-refractivity contribution in [1.82, 2.24) is 15.1 Å². The van der Waals surface area contributed by atoms with Gasteiger partial charge in [-0.15, -0.1) is 10.2 Å². The van der Waals surface area contributed by atoms with Gasteiger partial charge in [0.25, 0.3) is 0 Å². The zero-order valence-electron chi connectivity index (χ0n) is 16.0. The summed E-state index contributed by atoms with van der Waals surface area (Å²) in [4.78, 5) is 2.11. The maximum atomic E-state index is 13.4. The lowest BCUT2D eigenvalue weighted by atomic mass is 9.73. The van der Waals surface area contributed by atoms with Crippen molar-refractivity contribution in [3.8, 4) is 11.5 Å². The molecule has 1 aromatic heterocycles. The van der Waals surface area contributed by atoms with Gasteiger partial charge in [-0.2, -0.15) is 0 Å². The summed E-state index contributed by atoms with van der Waals surface area (Å²) in [6, 6.07) is 15.9. The van der Waals surface area contributed by atoms with Gasteiger partial charge in [-0.3, -0.25) is 4.90 Å². The molecule has 1 fully saturated rings. The molecule has 2 atom stereocenters. The molecule has 2 aromatic carbocycles. The van der Waals surface area contributed by atoms with E-state index in [1.807, 2.05) is 30.3 Å². The van der Waals surface area contributed by atoms with E-state index in [0.29, 0.717) is 43.9 Å². The summed E-state index contributed by atoms with van der Waals surface area (Å²) < 4.78 is 19.1. The molecular weight excluding hydrogens is 373 g/mol. The lowest BCUT2D eigenvalue weighted by Crippen LogP contribution is -2.54. The number of rotatable bonds is 6. The van der Waals surface area contributed by atoms with Crippen LogP contribution in [0.5, 0.6) is 0 Å². The van der Waals surface area contributed by atoms with E-state index in [2.05, 4.69) is 15.1 Å². The summed E-state index contributed by atoms with van der Waals surface area (Å²) in [7, 11) is 0. The molecule has 0 spiro atoms. The van der Waals surface area contributed by atoms with Gasteiger partial charge in [-0.1, -0.05) is 36.4 Å². The molecule has 7 heteroatoms. The Morgan fingerprint density at radius 2 is 1.97 bits per heavy atom. The third-order valence-electron chi connectivity index (χ3n) is 5.58. The predicted molar refractivity (Wildman–Crippen MR) is 105 cm³/mol. The number of piperidine rings is 1. The molecule has 29 heavy (non-hydrogen) atoms. The average Bonchev–Trinajstić information content (AvgIpc) is 3.20. The van der Waals surface area contributed by atoms with Crippen LogP contribution >= 0.6 is 0 Å². The zero-order chi connectivity index (χ0) is 20.3. The van der Waals surface area contributed by atoms with E-state index in [-0.39, 0.29) is 18.3 Å². The number of hydrogen-bond donors (Lipinski definition) is 2. The van der Waals surface area contributed by atoms with Crippen molar-refractivity contribution in [2.75, 3.05) is 19.7 Å². The van der Waals surface area contributed by atoms with E-state index < -0.39 is 11.5 Å². The molecule has 2 heterocycles. The molecule has 0 radical (unpaired) electrons. The summed E-state index contributed by atoms with van der Waals surface area (Å²) in [6.07, 6.45) is 0.549. The highest BCUT2D eigenvalue weighted by Crippen LogP contribution is 2.34. The Hall–Kier alpha value is -2.61. The number of aliphatic hydroxyl groups excluding tert-OH is 2. The van der Waals surface area contributed by atoms with Crippen LogP contribution in [0.15, 0.2) is 59.0 Å². The molecular formula is C22H24FN3O3. The minimum Gasteiger partial charge on any atom is -0.419 e. The number of benzene rings is 2. The topological polar surface area (TPSA) is 82.6 Å². The number of likely N-dealkylation sites (tertiary alicyclic amines) is 1. The number of aliphatic hydroxyl groups is 2. The van der Waals surface area contributed by atoms with Crippen molar-refractivity contribution in [3.63, 3.8) is 0 Å². The van der Waals surface area contributed by atoms with Crippen molar-refractivity contribution in [3.05, 3.63) is 71.9 Å². The first-order valence-electron chi connectivity index (χ1n) is 9.71. The summed E-state index contributed by atoms with van der Waals surface area (Å²) in [5.74, 6) is 0.336. The number of hydrogen-bond acceptors (Lipinski definition) is 6. The Bertz CT molecular complexity index is 949. The van der Waals surface area contributed by atoms with Gasteiger partial charge in [-0.25, -0.2) is 4.39 Å². The molecule has 0 unspecified atom stereocenters. The molecule has 2 N–H and O–H groups in total. The van der Waals surface area contributed by atoms with Crippen LogP contribution in [0.2, 0.25) is 0 Å². The van der Waals surface area contributed by atoms with E-state index in [4.69, 9.17) is 4.42 Å². The Morgan fingerprint density at radius 3 is 2.72 bits per heavy atom. The van der Waals surface area contributed by atoms with Crippen LogP contribution in [0.4, 0.5) is 4.39 Å². The molecule has 0 amide bonds. The summed E-state index contributed by atoms with van der Waals surface area (Å²) in [5.41, 5.74) is 0.964. The van der Waals surface area contributed by atoms with E-state index in [1.54, 1.807) is 12.1 Å². The fourth-order valence-electron chi connectivity index (χ4n) is 4.01. The number of halogens is 1. The monoisotopic (exact) mass is 397 g/mol. The van der Waals surface area contributed by atoms with E-state index in [1.165, 1.54) is 12.1 Å². The van der Waals surface area contributed by atoms with Gasteiger partial charge in [0, 0.05) is 24.1 Å². The fraction of sp³-hybridized carbons (Fsp3) is 0.364. The molecule has 1 aliphatic heterocycles. The third-order valence-corrected chi connectivity index (χ3v) is 5.58. The smallest absolute Gasteiger partial charge is 0.247 e. The van der Waals surface area contributed by atoms with Crippen LogP contribution < -0.4 is 0 Å². The highest BCUT2D eigenvalue weighted by Gasteiger charge is 2.42. The van der Waals surface area contributed by atoms with Crippen molar-refractivity contribution in [2.24, 2.45) is 5.41 Å². The lowest BCUT2D eigenvalue weighted by molar-refractivity contribution is -0.0782. The molecule has 152 valence electrons. The molecule has 0 saturated carbocycles. The van der Waals surface area contributed by atoms with Crippen LogP contribution in [0.1, 0.15) is 17.9 Å². The average molecular weight is 397 g/mol. The second-order valence-electron chi connectivity index (χ2n) is 7.71. The number of nitrogens with zero attached hydrogens (tertiary/aromatic N) is 3. The maximum Gasteiger partial charge on any atom is 0.247 e. The molecule has 0 aliphatic carbocycles. The Morgan fingerprint density at radius 1 is 1.14 bits per heavy atom. The summed E-state index contributed by atoms with van der Waals surface area (Å²) >= 11 is 0. The zero-order valence-corrected chi connectivity index (χ0v) is 16.0. The van der Waals surface area contributed by atoms with Crippen LogP contribution in [0, 0.1) is 11.2 Å². The third kappa shape index (κ3) is 4.37. The van der Waals surface area contributed by atoms with Gasteiger partial charge in [0.05, 0.1) is 19.3 Å². The van der Waals surface area contributed by atoms with Gasteiger partial charge in [0.1, 0.15) is 5.82 Å². The SMILES string of the molecule is OC[C@]1(Cc2ccccc2)CN(Cc2nnc(-c3cccc(F)c3)o2)CC[C@H]1O. The second kappa shape index (κ2) is 8.41. The van der Waals surface area contributed by atoms with Crippen LogP contribution in [0.3, 0.4) is 0 Å². The minimum absolute atomic E-state index is 0.113. The maximum absolute atomic E-state index is 13.4. The highest BCUT2D eigenvalue weighted by molar-refractivity contribution is 5.52. The Labute approximate surface area is 168 Å². The normalized spacial score (nSPS) is 22.7. The van der Waals surface area contributed by atoms with Crippen molar-refractivity contribution in [1.29, 1.82) is 0 Å². The van der Waals surface area contributed by atoms with Gasteiger partial charge in [0.2, 0.25) is 11.8 Å². The Kier molecular flexibility index (Phi) is 5.71. The van der Waals surface area contributed by atoms with Crippen molar-refractivity contribution >= 4 is 0 Å². The predicted octanol–water partition coefficient (Wildman–Crippen LogP) is 2.66. The molecule has 1 aliphatic rings. The largest absolute Gasteiger partial charge is 0.419 e. The standard InChI is InChI=1S/C22H24FN3O3/c23-18-8-4-7-17(11-18)21-25-24-20(29-21)13-26-10-9-19(28)22(14-26,15-27)12-16-5-2-1-3-6-16/h1-8,11,19,27-28H,9-10,12-15H2/t19-,22+/m1/s1. The van der Waals surface area contributed by atoms with E-state index in [0.717, 1.165) is 5.56 Å². The molecule has 1 saturated heterocycles. The van der Waals surface area contributed by atoms with Crippen LogP contribution in [0.25, 0.3) is 11.5 Å². The van der Waals surface area contributed by atoms with E-state index >= 15 is 0 Å². The van der Waals surface area contributed by atoms with Crippen molar-refractivity contribution in [2.45, 2.75) is 25.5 Å². The van der Waals surface area contributed by atoms with Crippen molar-refractivity contribution < 1.29 is 19.0 Å². The summed E-state index contributed by atoms with van der Waals surface area (Å²) in [5, 5.41) is 28.9. The minimum atomic E-state index is -0.648. The molecule has 0 bridgehead atoms. The number of aromatic nitrogens is 2. The van der Waals surface area contributed by atoms with Gasteiger partial charge >= 0.3 is 0 Å². The first-order valence-corrected chi connectivity index (χ1v) is 9.71. The second-order valence-corrected chi connectivity index (χ2v) is 7.71.